The second-order valence-corrected chi connectivity index (χ2v) is 12.0. The number of fused-ring (bicyclic) bond motifs is 2. The molecule has 9 heteroatoms. The molecule has 196 valence electrons. The number of piperidine rings is 1. The molecule has 3 atom stereocenters. The minimum absolute atomic E-state index is 0.0478. The van der Waals surface area contributed by atoms with Crippen LogP contribution in [0, 0.1) is 24.2 Å². The topological polar surface area (TPSA) is 84.7 Å². The van der Waals surface area contributed by atoms with E-state index < -0.39 is 0 Å². The van der Waals surface area contributed by atoms with E-state index in [2.05, 4.69) is 28.4 Å². The van der Waals surface area contributed by atoms with E-state index in [1.165, 1.54) is 4.90 Å². The molecule has 1 aliphatic carbocycles. The summed E-state index contributed by atoms with van der Waals surface area (Å²) in [6, 6.07) is 5.86. The average molecular weight is 523 g/mol. The number of likely N-dealkylation sites (tertiary alicyclic amines) is 1. The number of pyridine rings is 1. The maximum Gasteiger partial charge on any atom is 0.234 e. The number of nitrogens with zero attached hydrogens (tertiary/aromatic N) is 4. The van der Waals surface area contributed by atoms with Crippen molar-refractivity contribution in [3.05, 3.63) is 40.5 Å². The number of thiophene rings is 1. The van der Waals surface area contributed by atoms with Crippen molar-refractivity contribution in [2.24, 2.45) is 17.3 Å². The molecule has 2 fully saturated rings. The van der Waals surface area contributed by atoms with E-state index in [4.69, 9.17) is 4.74 Å². The Morgan fingerprint density at radius 2 is 1.95 bits per heavy atom. The van der Waals surface area contributed by atoms with Crippen LogP contribution in [0.1, 0.15) is 41.7 Å². The van der Waals surface area contributed by atoms with Crippen molar-refractivity contribution >= 4 is 39.7 Å². The molecule has 1 saturated carbocycles. The SMILES string of the molecule is CCN(C)CC(Cn1c(-c2ccnc3cc(CN4C(=O)C5C(C4=O)C5(C)C)sc23)cc(C=O)c1C)OC. The number of amides is 2. The number of methoxy groups -OCH3 is 1. The Morgan fingerprint density at radius 1 is 1.24 bits per heavy atom. The Hall–Kier alpha value is -2.88. The van der Waals surface area contributed by atoms with E-state index in [1.54, 1.807) is 24.6 Å². The molecule has 4 heterocycles. The largest absolute Gasteiger partial charge is 0.378 e. The Kier molecular flexibility index (Phi) is 6.58. The van der Waals surface area contributed by atoms with Crippen LogP contribution in [0.25, 0.3) is 21.5 Å². The Bertz CT molecular complexity index is 1370. The van der Waals surface area contributed by atoms with Gasteiger partial charge in [-0.05, 0) is 44.1 Å². The van der Waals surface area contributed by atoms with Crippen LogP contribution < -0.4 is 0 Å². The molecule has 3 aromatic rings. The van der Waals surface area contributed by atoms with Crippen LogP contribution in [-0.4, -0.2) is 70.8 Å². The first-order valence-electron chi connectivity index (χ1n) is 12.7. The average Bonchev–Trinajstić information content (AvgIpc) is 3.16. The number of carbonyl (C=O) groups is 3. The van der Waals surface area contributed by atoms with Gasteiger partial charge in [-0.25, -0.2) is 0 Å². The summed E-state index contributed by atoms with van der Waals surface area (Å²) in [5.41, 5.74) is 4.03. The van der Waals surface area contributed by atoms with Gasteiger partial charge in [-0.3, -0.25) is 24.3 Å². The molecule has 37 heavy (non-hydrogen) atoms. The van der Waals surface area contributed by atoms with Crippen molar-refractivity contribution in [2.75, 3.05) is 27.2 Å². The molecule has 1 saturated heterocycles. The third kappa shape index (κ3) is 4.23. The van der Waals surface area contributed by atoms with Crippen LogP contribution >= 0.6 is 11.3 Å². The molecule has 0 spiro atoms. The standard InChI is InChI=1S/C28H34N4O4S/c1-7-30(5)12-18(36-6)13-31-16(2)17(15-33)10-22(31)20-8-9-29-21-11-19(37-25(20)21)14-32-26(34)23-24(27(32)35)28(23,3)4/h8-11,15,18,23-24H,7,12-14H2,1-6H3. The number of aldehydes is 1. The molecular formula is C28H34N4O4S. The molecule has 0 N–H and O–H groups in total. The lowest BCUT2D eigenvalue weighted by atomic mass is 10.1. The summed E-state index contributed by atoms with van der Waals surface area (Å²) >= 11 is 1.55. The van der Waals surface area contributed by atoms with Gasteiger partial charge in [0, 0.05) is 41.5 Å². The third-order valence-corrected chi connectivity index (χ3v) is 9.39. The van der Waals surface area contributed by atoms with Gasteiger partial charge in [-0.15, -0.1) is 11.3 Å². The third-order valence-electron chi connectivity index (χ3n) is 8.25. The van der Waals surface area contributed by atoms with Gasteiger partial charge in [0.1, 0.15) is 0 Å². The summed E-state index contributed by atoms with van der Waals surface area (Å²) in [5, 5.41) is 0. The fourth-order valence-electron chi connectivity index (χ4n) is 5.71. The molecule has 0 aromatic carbocycles. The fraction of sp³-hybridized carbons (Fsp3) is 0.500. The van der Waals surface area contributed by atoms with Gasteiger partial charge in [0.2, 0.25) is 11.8 Å². The van der Waals surface area contributed by atoms with E-state index in [-0.39, 0.29) is 41.7 Å². The molecule has 2 aliphatic rings. The van der Waals surface area contributed by atoms with E-state index >= 15 is 0 Å². The number of rotatable bonds is 10. The molecule has 8 nitrogen and oxygen atoms in total. The molecule has 3 aromatic heterocycles. The second kappa shape index (κ2) is 9.45. The fourth-order valence-corrected chi connectivity index (χ4v) is 6.84. The first-order valence-corrected chi connectivity index (χ1v) is 13.5. The highest BCUT2D eigenvalue weighted by Crippen LogP contribution is 2.63. The summed E-state index contributed by atoms with van der Waals surface area (Å²) in [5.74, 6) is -0.491. The summed E-state index contributed by atoms with van der Waals surface area (Å²) in [6.07, 6.45) is 2.61. The van der Waals surface area contributed by atoms with Crippen molar-refractivity contribution in [3.63, 3.8) is 0 Å². The smallest absolute Gasteiger partial charge is 0.234 e. The Labute approximate surface area is 221 Å². The predicted molar refractivity (Wildman–Crippen MR) is 143 cm³/mol. The Balaban J connectivity index is 1.49. The van der Waals surface area contributed by atoms with Gasteiger partial charge < -0.3 is 14.2 Å². The van der Waals surface area contributed by atoms with Gasteiger partial charge >= 0.3 is 0 Å². The van der Waals surface area contributed by atoms with E-state index in [9.17, 15) is 14.4 Å². The van der Waals surface area contributed by atoms with E-state index in [1.807, 2.05) is 39.0 Å². The van der Waals surface area contributed by atoms with Crippen LogP contribution in [0.4, 0.5) is 0 Å². The number of hydrogen-bond acceptors (Lipinski definition) is 7. The van der Waals surface area contributed by atoms with Gasteiger partial charge in [0.25, 0.3) is 0 Å². The highest BCUT2D eigenvalue weighted by atomic mass is 32.1. The van der Waals surface area contributed by atoms with Crippen molar-refractivity contribution < 1.29 is 19.1 Å². The zero-order valence-corrected chi connectivity index (χ0v) is 23.1. The van der Waals surface area contributed by atoms with Crippen molar-refractivity contribution in [1.29, 1.82) is 0 Å². The van der Waals surface area contributed by atoms with Crippen molar-refractivity contribution in [2.45, 2.75) is 46.9 Å². The highest BCUT2D eigenvalue weighted by Gasteiger charge is 2.72. The monoisotopic (exact) mass is 522 g/mol. The van der Waals surface area contributed by atoms with Crippen molar-refractivity contribution in [1.82, 2.24) is 19.4 Å². The van der Waals surface area contributed by atoms with Gasteiger partial charge in [-0.2, -0.15) is 0 Å². The van der Waals surface area contributed by atoms with Crippen molar-refractivity contribution in [3.8, 4) is 11.3 Å². The van der Waals surface area contributed by atoms with E-state index in [0.717, 1.165) is 51.4 Å². The number of carbonyl (C=O) groups excluding carboxylic acids is 3. The first kappa shape index (κ1) is 25.8. The van der Waals surface area contributed by atoms with Gasteiger partial charge in [0.15, 0.2) is 6.29 Å². The van der Waals surface area contributed by atoms with Crippen LogP contribution in [0.5, 0.6) is 0 Å². The highest BCUT2D eigenvalue weighted by molar-refractivity contribution is 7.19. The maximum atomic E-state index is 12.9. The van der Waals surface area contributed by atoms with Crippen LogP contribution in [0.3, 0.4) is 0 Å². The molecule has 0 bridgehead atoms. The minimum Gasteiger partial charge on any atom is -0.378 e. The number of hydrogen-bond donors (Lipinski definition) is 0. The van der Waals surface area contributed by atoms with Crippen LogP contribution in [0.15, 0.2) is 24.4 Å². The quantitative estimate of drug-likeness (QED) is 0.296. The molecule has 3 unspecified atom stereocenters. The van der Waals surface area contributed by atoms with Gasteiger partial charge in [-0.1, -0.05) is 20.8 Å². The molecule has 1 aliphatic heterocycles. The lowest BCUT2D eigenvalue weighted by molar-refractivity contribution is -0.143. The summed E-state index contributed by atoms with van der Waals surface area (Å²) in [7, 11) is 3.78. The lowest BCUT2D eigenvalue weighted by Crippen LogP contribution is -2.35. The maximum absolute atomic E-state index is 12.9. The summed E-state index contributed by atoms with van der Waals surface area (Å²) in [6.45, 7) is 10.6. The lowest BCUT2D eigenvalue weighted by Gasteiger charge is -2.24. The molecule has 5 rings (SSSR count). The Morgan fingerprint density at radius 3 is 2.57 bits per heavy atom. The molecular weight excluding hydrogens is 488 g/mol. The number of ether oxygens (including phenoxy) is 1. The number of likely N-dealkylation sites (N-methyl/N-ethyl adjacent to an activating group) is 1. The number of imide groups is 1. The van der Waals surface area contributed by atoms with Crippen LogP contribution in [0.2, 0.25) is 0 Å². The summed E-state index contributed by atoms with van der Waals surface area (Å²) in [4.78, 5) is 46.7. The summed E-state index contributed by atoms with van der Waals surface area (Å²) < 4.78 is 8.92. The second-order valence-electron chi connectivity index (χ2n) is 10.8. The minimum atomic E-state index is -0.217. The normalized spacial score (nSPS) is 21.2. The number of aromatic nitrogens is 2. The molecule has 0 radical (unpaired) electrons. The zero-order chi connectivity index (χ0) is 26.6. The van der Waals surface area contributed by atoms with E-state index in [0.29, 0.717) is 12.1 Å². The van der Waals surface area contributed by atoms with Crippen LogP contribution in [-0.2, 0) is 27.4 Å². The zero-order valence-electron chi connectivity index (χ0n) is 22.3. The first-order chi connectivity index (χ1) is 17.6. The molecule has 2 amide bonds. The van der Waals surface area contributed by atoms with Gasteiger partial charge in [0.05, 0.1) is 46.9 Å². The predicted octanol–water partition coefficient (Wildman–Crippen LogP) is 3.99.